The van der Waals surface area contributed by atoms with Crippen molar-refractivity contribution in [3.63, 3.8) is 0 Å². The monoisotopic (exact) mass is 246 g/mol. The van der Waals surface area contributed by atoms with Gasteiger partial charge in [-0.3, -0.25) is 4.79 Å². The molecule has 1 aromatic rings. The van der Waals surface area contributed by atoms with Crippen LogP contribution in [0.3, 0.4) is 0 Å². The van der Waals surface area contributed by atoms with E-state index in [1.54, 1.807) is 6.08 Å². The minimum Gasteiger partial charge on any atom is -0.494 e. The molecule has 0 N–H and O–H groups in total. The van der Waals surface area contributed by atoms with E-state index in [0.717, 1.165) is 24.3 Å². The van der Waals surface area contributed by atoms with Gasteiger partial charge >= 0.3 is 0 Å². The fourth-order valence-electron chi connectivity index (χ4n) is 1.52. The Morgan fingerprint density at radius 3 is 2.50 bits per heavy atom. The average Bonchev–Trinajstić information content (AvgIpc) is 2.42. The lowest BCUT2D eigenvalue weighted by Gasteiger charge is -2.05. The summed E-state index contributed by atoms with van der Waals surface area (Å²) in [5.74, 6) is 1.04. The van der Waals surface area contributed by atoms with E-state index in [-0.39, 0.29) is 5.78 Å². The smallest absolute Gasteiger partial charge is 0.155 e. The minimum atomic E-state index is 0.148. The van der Waals surface area contributed by atoms with Crippen molar-refractivity contribution in [1.82, 2.24) is 0 Å². The second-order valence-corrected chi connectivity index (χ2v) is 4.28. The second kappa shape index (κ2) is 8.51. The van der Waals surface area contributed by atoms with Gasteiger partial charge in [0.05, 0.1) is 6.61 Å². The maximum atomic E-state index is 11.1. The number of ketones is 1. The van der Waals surface area contributed by atoms with Gasteiger partial charge in [-0.2, -0.15) is 0 Å². The number of hydrogen-bond acceptors (Lipinski definition) is 2. The first-order valence-electron chi connectivity index (χ1n) is 6.70. The summed E-state index contributed by atoms with van der Waals surface area (Å²) in [4.78, 5) is 11.1. The third kappa shape index (κ3) is 5.67. The van der Waals surface area contributed by atoms with Crippen LogP contribution in [0.15, 0.2) is 30.3 Å². The first-order valence-corrected chi connectivity index (χ1v) is 6.70. The predicted octanol–water partition coefficient (Wildman–Crippen LogP) is 4.25. The minimum absolute atomic E-state index is 0.148. The quantitative estimate of drug-likeness (QED) is 0.506. The summed E-state index contributed by atoms with van der Waals surface area (Å²) in [6, 6.07) is 7.83. The van der Waals surface area contributed by atoms with Crippen LogP contribution in [0.4, 0.5) is 0 Å². The van der Waals surface area contributed by atoms with E-state index in [1.165, 1.54) is 12.8 Å². The van der Waals surface area contributed by atoms with Gasteiger partial charge in [0.25, 0.3) is 0 Å². The molecule has 2 nitrogen and oxygen atoms in total. The molecule has 2 heteroatoms. The number of carbonyl (C=O) groups excluding carboxylic acids is 1. The SMILES string of the molecule is CCCCCOc1ccc(/C=C/C(=O)CC)cc1. The molecule has 0 unspecified atom stereocenters. The first-order chi connectivity index (χ1) is 8.76. The van der Waals surface area contributed by atoms with Crippen molar-refractivity contribution in [1.29, 1.82) is 0 Å². The zero-order valence-electron chi connectivity index (χ0n) is 11.3. The molecule has 18 heavy (non-hydrogen) atoms. The largest absolute Gasteiger partial charge is 0.494 e. The maximum Gasteiger partial charge on any atom is 0.155 e. The zero-order chi connectivity index (χ0) is 13.2. The van der Waals surface area contributed by atoms with Crippen LogP contribution >= 0.6 is 0 Å². The Kier molecular flexibility index (Phi) is 6.85. The number of carbonyl (C=O) groups is 1. The lowest BCUT2D eigenvalue weighted by molar-refractivity contribution is -0.114. The third-order valence-corrected chi connectivity index (χ3v) is 2.71. The number of ether oxygens (including phenoxy) is 1. The highest BCUT2D eigenvalue weighted by Gasteiger charge is 1.95. The van der Waals surface area contributed by atoms with E-state index >= 15 is 0 Å². The predicted molar refractivity (Wildman–Crippen MR) is 75.8 cm³/mol. The van der Waals surface area contributed by atoms with E-state index in [1.807, 2.05) is 37.3 Å². The highest BCUT2D eigenvalue weighted by atomic mass is 16.5. The van der Waals surface area contributed by atoms with Crippen molar-refractivity contribution >= 4 is 11.9 Å². The summed E-state index contributed by atoms with van der Waals surface area (Å²) in [7, 11) is 0. The van der Waals surface area contributed by atoms with Gasteiger partial charge in [0.15, 0.2) is 5.78 Å². The standard InChI is InChI=1S/C16H22O2/c1-3-5-6-13-18-16-11-8-14(9-12-16)7-10-15(17)4-2/h7-12H,3-6,13H2,1-2H3/b10-7+. The Labute approximate surface area is 110 Å². The molecule has 0 fully saturated rings. The van der Waals surface area contributed by atoms with Crippen molar-refractivity contribution in [2.24, 2.45) is 0 Å². The van der Waals surface area contributed by atoms with E-state index < -0.39 is 0 Å². The molecule has 0 saturated heterocycles. The molecule has 0 aliphatic carbocycles. The number of allylic oxidation sites excluding steroid dienone is 1. The molecule has 0 bridgehead atoms. The fraction of sp³-hybridized carbons (Fsp3) is 0.438. The third-order valence-electron chi connectivity index (χ3n) is 2.71. The van der Waals surface area contributed by atoms with Gasteiger partial charge in [-0.1, -0.05) is 44.9 Å². The molecular weight excluding hydrogens is 224 g/mol. The van der Waals surface area contributed by atoms with Gasteiger partial charge in [0, 0.05) is 6.42 Å². The highest BCUT2D eigenvalue weighted by Crippen LogP contribution is 2.14. The van der Waals surface area contributed by atoms with E-state index in [0.29, 0.717) is 6.42 Å². The molecule has 1 aromatic carbocycles. The topological polar surface area (TPSA) is 26.3 Å². The van der Waals surface area contributed by atoms with Gasteiger partial charge in [-0.25, -0.2) is 0 Å². The molecule has 0 aliphatic heterocycles. The number of hydrogen-bond donors (Lipinski definition) is 0. The van der Waals surface area contributed by atoms with Crippen molar-refractivity contribution in [2.75, 3.05) is 6.61 Å². The van der Waals surface area contributed by atoms with Gasteiger partial charge in [0.2, 0.25) is 0 Å². The van der Waals surface area contributed by atoms with Crippen LogP contribution in [0.25, 0.3) is 6.08 Å². The summed E-state index contributed by atoms with van der Waals surface area (Å²) < 4.78 is 5.62. The first kappa shape index (κ1) is 14.5. The maximum absolute atomic E-state index is 11.1. The van der Waals surface area contributed by atoms with Crippen LogP contribution in [-0.2, 0) is 4.79 Å². The second-order valence-electron chi connectivity index (χ2n) is 4.28. The molecule has 0 aliphatic rings. The normalized spacial score (nSPS) is 10.8. The van der Waals surface area contributed by atoms with E-state index in [2.05, 4.69) is 6.92 Å². The van der Waals surface area contributed by atoms with Gasteiger partial charge in [-0.15, -0.1) is 0 Å². The van der Waals surface area contributed by atoms with Crippen LogP contribution in [0.5, 0.6) is 5.75 Å². The van der Waals surface area contributed by atoms with Crippen LogP contribution in [0.1, 0.15) is 45.1 Å². The van der Waals surface area contributed by atoms with Crippen molar-refractivity contribution in [2.45, 2.75) is 39.5 Å². The Balaban J connectivity index is 2.42. The van der Waals surface area contributed by atoms with Crippen LogP contribution in [-0.4, -0.2) is 12.4 Å². The molecule has 0 radical (unpaired) electrons. The van der Waals surface area contributed by atoms with Gasteiger partial charge in [0.1, 0.15) is 5.75 Å². The molecule has 0 aromatic heterocycles. The highest BCUT2D eigenvalue weighted by molar-refractivity contribution is 5.93. The number of rotatable bonds is 8. The number of unbranched alkanes of at least 4 members (excludes halogenated alkanes) is 2. The van der Waals surface area contributed by atoms with Crippen LogP contribution < -0.4 is 4.74 Å². The van der Waals surface area contributed by atoms with E-state index in [9.17, 15) is 4.79 Å². The van der Waals surface area contributed by atoms with E-state index in [4.69, 9.17) is 4.74 Å². The molecule has 0 saturated carbocycles. The Hall–Kier alpha value is -1.57. The molecule has 98 valence electrons. The molecular formula is C16H22O2. The van der Waals surface area contributed by atoms with Gasteiger partial charge < -0.3 is 4.74 Å². The molecule has 0 amide bonds. The molecule has 0 heterocycles. The summed E-state index contributed by atoms with van der Waals surface area (Å²) in [6.45, 7) is 4.82. The van der Waals surface area contributed by atoms with Crippen LogP contribution in [0, 0.1) is 0 Å². The zero-order valence-corrected chi connectivity index (χ0v) is 11.3. The van der Waals surface area contributed by atoms with Crippen molar-refractivity contribution in [3.05, 3.63) is 35.9 Å². The summed E-state index contributed by atoms with van der Waals surface area (Å²) in [5, 5.41) is 0. The summed E-state index contributed by atoms with van der Waals surface area (Å²) >= 11 is 0. The lowest BCUT2D eigenvalue weighted by Crippen LogP contribution is -1.96. The number of benzene rings is 1. The summed E-state index contributed by atoms with van der Waals surface area (Å²) in [5.41, 5.74) is 1.03. The van der Waals surface area contributed by atoms with Crippen molar-refractivity contribution in [3.8, 4) is 5.75 Å². The fourth-order valence-corrected chi connectivity index (χ4v) is 1.52. The Morgan fingerprint density at radius 2 is 1.89 bits per heavy atom. The average molecular weight is 246 g/mol. The Morgan fingerprint density at radius 1 is 1.17 bits per heavy atom. The van der Waals surface area contributed by atoms with Crippen molar-refractivity contribution < 1.29 is 9.53 Å². The molecule has 0 atom stereocenters. The lowest BCUT2D eigenvalue weighted by atomic mass is 10.2. The van der Waals surface area contributed by atoms with Crippen LogP contribution in [0.2, 0.25) is 0 Å². The summed E-state index contributed by atoms with van der Waals surface area (Å²) in [6.07, 6.45) is 7.53. The van der Waals surface area contributed by atoms with Gasteiger partial charge in [-0.05, 0) is 30.2 Å². The molecule has 1 rings (SSSR count). The molecule has 0 spiro atoms. The Bertz CT molecular complexity index is 377.